The van der Waals surface area contributed by atoms with E-state index in [4.69, 9.17) is 16.3 Å². The van der Waals surface area contributed by atoms with Gasteiger partial charge in [0.05, 0.1) is 0 Å². The Bertz CT molecular complexity index is 352. The van der Waals surface area contributed by atoms with Crippen molar-refractivity contribution in [2.45, 2.75) is 26.5 Å². The first-order valence-electron chi connectivity index (χ1n) is 5.46. The third kappa shape index (κ3) is 3.54. The van der Waals surface area contributed by atoms with Crippen LogP contribution in [-0.2, 0) is 6.54 Å². The average Bonchev–Trinajstić information content (AvgIpc) is 2.28. The standard InChI is InChI=1S/C13H18ClNO/c1-4-10(3)16-13-8-6-7-12(14)11(13)9-15-5-2/h4,6-8,10,15H,1,5,9H2,2-3H3. The minimum absolute atomic E-state index is 0.0150. The van der Waals surface area contributed by atoms with Gasteiger partial charge in [0.25, 0.3) is 0 Å². The van der Waals surface area contributed by atoms with E-state index in [0.717, 1.165) is 29.4 Å². The van der Waals surface area contributed by atoms with Crippen LogP contribution < -0.4 is 10.1 Å². The summed E-state index contributed by atoms with van der Waals surface area (Å²) in [5.41, 5.74) is 1.000. The fourth-order valence-corrected chi connectivity index (χ4v) is 1.55. The summed E-state index contributed by atoms with van der Waals surface area (Å²) >= 11 is 6.15. The third-order valence-corrected chi connectivity index (χ3v) is 2.63. The lowest BCUT2D eigenvalue weighted by Crippen LogP contribution is -2.15. The molecule has 0 aliphatic rings. The van der Waals surface area contributed by atoms with E-state index in [-0.39, 0.29) is 6.10 Å². The van der Waals surface area contributed by atoms with Gasteiger partial charge in [-0.1, -0.05) is 37.2 Å². The van der Waals surface area contributed by atoms with Crippen molar-refractivity contribution in [3.05, 3.63) is 41.4 Å². The molecule has 0 aliphatic carbocycles. The summed E-state index contributed by atoms with van der Waals surface area (Å²) in [5, 5.41) is 3.98. The summed E-state index contributed by atoms with van der Waals surface area (Å²) in [4.78, 5) is 0. The summed E-state index contributed by atoms with van der Waals surface area (Å²) in [6.07, 6.45) is 1.75. The molecule has 2 nitrogen and oxygen atoms in total. The molecule has 0 bridgehead atoms. The molecule has 16 heavy (non-hydrogen) atoms. The van der Waals surface area contributed by atoms with Gasteiger partial charge in [-0.05, 0) is 25.6 Å². The van der Waals surface area contributed by atoms with Crippen molar-refractivity contribution in [1.29, 1.82) is 0 Å². The molecule has 0 radical (unpaired) electrons. The van der Waals surface area contributed by atoms with Crippen LogP contribution in [0.1, 0.15) is 19.4 Å². The molecule has 0 aromatic heterocycles. The highest BCUT2D eigenvalue weighted by Crippen LogP contribution is 2.27. The molecule has 1 aromatic rings. The molecular formula is C13H18ClNO. The number of nitrogens with one attached hydrogen (secondary N) is 1. The van der Waals surface area contributed by atoms with Gasteiger partial charge < -0.3 is 10.1 Å². The van der Waals surface area contributed by atoms with Crippen LogP contribution >= 0.6 is 11.6 Å². The summed E-state index contributed by atoms with van der Waals surface area (Å²) in [7, 11) is 0. The normalized spacial score (nSPS) is 12.2. The lowest BCUT2D eigenvalue weighted by Gasteiger charge is -2.16. The van der Waals surface area contributed by atoms with Gasteiger partial charge in [0, 0.05) is 17.1 Å². The van der Waals surface area contributed by atoms with Gasteiger partial charge >= 0.3 is 0 Å². The highest BCUT2D eigenvalue weighted by molar-refractivity contribution is 6.31. The fourth-order valence-electron chi connectivity index (χ4n) is 1.32. The molecule has 0 saturated carbocycles. The van der Waals surface area contributed by atoms with Crippen LogP contribution in [0.2, 0.25) is 5.02 Å². The van der Waals surface area contributed by atoms with Gasteiger partial charge in [0.1, 0.15) is 11.9 Å². The van der Waals surface area contributed by atoms with Gasteiger partial charge in [0.2, 0.25) is 0 Å². The van der Waals surface area contributed by atoms with E-state index in [0.29, 0.717) is 0 Å². The zero-order valence-corrected chi connectivity index (χ0v) is 10.6. The Labute approximate surface area is 102 Å². The van der Waals surface area contributed by atoms with Crippen LogP contribution in [0, 0.1) is 0 Å². The quantitative estimate of drug-likeness (QED) is 0.769. The summed E-state index contributed by atoms with van der Waals surface area (Å²) in [6, 6.07) is 5.70. The molecule has 0 heterocycles. The molecular weight excluding hydrogens is 222 g/mol. The van der Waals surface area contributed by atoms with E-state index in [2.05, 4.69) is 18.8 Å². The molecule has 0 aliphatic heterocycles. The van der Waals surface area contributed by atoms with Crippen LogP contribution in [0.25, 0.3) is 0 Å². The number of ether oxygens (including phenoxy) is 1. The highest BCUT2D eigenvalue weighted by atomic mass is 35.5. The minimum atomic E-state index is -0.0150. The molecule has 3 heteroatoms. The van der Waals surface area contributed by atoms with Crippen molar-refractivity contribution in [2.75, 3.05) is 6.54 Å². The summed E-state index contributed by atoms with van der Waals surface area (Å²) in [5.74, 6) is 0.820. The fraction of sp³-hybridized carbons (Fsp3) is 0.385. The van der Waals surface area contributed by atoms with Gasteiger partial charge in [0.15, 0.2) is 0 Å². The number of halogens is 1. The van der Waals surface area contributed by atoms with Crippen molar-refractivity contribution in [1.82, 2.24) is 5.32 Å². The van der Waals surface area contributed by atoms with E-state index < -0.39 is 0 Å². The smallest absolute Gasteiger partial charge is 0.126 e. The number of hydrogen-bond acceptors (Lipinski definition) is 2. The molecule has 1 N–H and O–H groups in total. The molecule has 1 rings (SSSR count). The van der Waals surface area contributed by atoms with Gasteiger partial charge in [-0.2, -0.15) is 0 Å². The average molecular weight is 240 g/mol. The van der Waals surface area contributed by atoms with Crippen molar-refractivity contribution >= 4 is 11.6 Å². The van der Waals surface area contributed by atoms with Crippen molar-refractivity contribution in [3.8, 4) is 5.75 Å². The van der Waals surface area contributed by atoms with E-state index in [9.17, 15) is 0 Å². The molecule has 0 amide bonds. The first kappa shape index (κ1) is 13.1. The van der Waals surface area contributed by atoms with Crippen molar-refractivity contribution in [2.24, 2.45) is 0 Å². The number of hydrogen-bond donors (Lipinski definition) is 1. The van der Waals surface area contributed by atoms with Crippen LogP contribution in [0.5, 0.6) is 5.75 Å². The predicted octanol–water partition coefficient (Wildman–Crippen LogP) is 3.40. The Hall–Kier alpha value is -0.990. The number of rotatable bonds is 6. The Morgan fingerprint density at radius 2 is 2.31 bits per heavy atom. The Kier molecular flexibility index (Phi) is 5.36. The van der Waals surface area contributed by atoms with Crippen LogP contribution in [0.3, 0.4) is 0 Å². The Morgan fingerprint density at radius 3 is 2.94 bits per heavy atom. The maximum absolute atomic E-state index is 6.15. The molecule has 1 aromatic carbocycles. The Morgan fingerprint density at radius 1 is 1.56 bits per heavy atom. The zero-order chi connectivity index (χ0) is 12.0. The van der Waals surface area contributed by atoms with Crippen molar-refractivity contribution < 1.29 is 4.74 Å². The summed E-state index contributed by atoms with van der Waals surface area (Å²) in [6.45, 7) is 9.33. The minimum Gasteiger partial charge on any atom is -0.486 e. The van der Waals surface area contributed by atoms with Gasteiger partial charge in [-0.3, -0.25) is 0 Å². The van der Waals surface area contributed by atoms with Gasteiger partial charge in [-0.15, -0.1) is 0 Å². The molecule has 0 saturated heterocycles. The lowest BCUT2D eigenvalue weighted by molar-refractivity contribution is 0.267. The number of benzene rings is 1. The van der Waals surface area contributed by atoms with Crippen LogP contribution in [-0.4, -0.2) is 12.6 Å². The molecule has 1 unspecified atom stereocenters. The Balaban J connectivity index is 2.88. The van der Waals surface area contributed by atoms with E-state index in [1.807, 2.05) is 25.1 Å². The molecule has 0 fully saturated rings. The lowest BCUT2D eigenvalue weighted by atomic mass is 10.2. The highest BCUT2D eigenvalue weighted by Gasteiger charge is 2.09. The molecule has 1 atom stereocenters. The first-order chi connectivity index (χ1) is 7.69. The SMILES string of the molecule is C=CC(C)Oc1cccc(Cl)c1CNCC. The molecule has 0 spiro atoms. The second kappa shape index (κ2) is 6.56. The van der Waals surface area contributed by atoms with Crippen LogP contribution in [0.15, 0.2) is 30.9 Å². The third-order valence-electron chi connectivity index (χ3n) is 2.27. The monoisotopic (exact) mass is 239 g/mol. The first-order valence-corrected chi connectivity index (χ1v) is 5.84. The van der Waals surface area contributed by atoms with Crippen LogP contribution in [0.4, 0.5) is 0 Å². The van der Waals surface area contributed by atoms with Crippen molar-refractivity contribution in [3.63, 3.8) is 0 Å². The van der Waals surface area contributed by atoms with E-state index in [1.165, 1.54) is 0 Å². The van der Waals surface area contributed by atoms with Gasteiger partial charge in [-0.25, -0.2) is 0 Å². The summed E-state index contributed by atoms with van der Waals surface area (Å²) < 4.78 is 5.73. The maximum Gasteiger partial charge on any atom is 0.126 e. The largest absolute Gasteiger partial charge is 0.486 e. The van der Waals surface area contributed by atoms with E-state index >= 15 is 0 Å². The molecule has 88 valence electrons. The second-order valence-corrected chi connectivity index (χ2v) is 3.96. The maximum atomic E-state index is 6.15. The zero-order valence-electron chi connectivity index (χ0n) is 9.79. The topological polar surface area (TPSA) is 21.3 Å². The van der Waals surface area contributed by atoms with E-state index in [1.54, 1.807) is 6.08 Å². The second-order valence-electron chi connectivity index (χ2n) is 3.56. The predicted molar refractivity (Wildman–Crippen MR) is 69.1 cm³/mol.